The second-order valence-electron chi connectivity index (χ2n) is 4.46. The standard InChI is InChI=1S/C12H12BrFN2OS/c13-8-4-11-10(5-9(8)14)15-12(17)3-7-6-18-2-1-16(7)11/h4-5,7H,1-3,6H2,(H,15,17). The van der Waals surface area contributed by atoms with E-state index in [1.165, 1.54) is 6.07 Å². The predicted octanol–water partition coefficient (Wildman–Crippen LogP) is 2.85. The fourth-order valence-electron chi connectivity index (χ4n) is 2.43. The zero-order valence-corrected chi connectivity index (χ0v) is 12.0. The minimum absolute atomic E-state index is 0.0343. The third-order valence-electron chi connectivity index (χ3n) is 3.27. The van der Waals surface area contributed by atoms with Crippen LogP contribution < -0.4 is 10.2 Å². The number of benzene rings is 1. The van der Waals surface area contributed by atoms with Crippen LogP contribution in [0.3, 0.4) is 0 Å². The molecule has 0 aromatic heterocycles. The minimum Gasteiger partial charge on any atom is -0.365 e. The summed E-state index contributed by atoms with van der Waals surface area (Å²) in [7, 11) is 0. The van der Waals surface area contributed by atoms with Gasteiger partial charge < -0.3 is 10.2 Å². The van der Waals surface area contributed by atoms with Gasteiger partial charge in [-0.1, -0.05) is 0 Å². The fourth-order valence-corrected chi connectivity index (χ4v) is 3.82. The van der Waals surface area contributed by atoms with Crippen molar-refractivity contribution in [2.24, 2.45) is 0 Å². The van der Waals surface area contributed by atoms with Crippen molar-refractivity contribution < 1.29 is 9.18 Å². The van der Waals surface area contributed by atoms with Crippen LogP contribution in [-0.2, 0) is 4.79 Å². The molecule has 1 amide bonds. The summed E-state index contributed by atoms with van der Waals surface area (Å²) in [6, 6.07) is 3.36. The first kappa shape index (κ1) is 12.3. The summed E-state index contributed by atoms with van der Waals surface area (Å²) < 4.78 is 14.0. The van der Waals surface area contributed by atoms with E-state index in [0.29, 0.717) is 16.6 Å². The Kier molecular flexibility index (Phi) is 3.23. The third kappa shape index (κ3) is 2.12. The number of amides is 1. The van der Waals surface area contributed by atoms with Crippen LogP contribution in [0.1, 0.15) is 6.42 Å². The maximum Gasteiger partial charge on any atom is 0.226 e. The van der Waals surface area contributed by atoms with Gasteiger partial charge in [-0.2, -0.15) is 11.8 Å². The van der Waals surface area contributed by atoms with Gasteiger partial charge >= 0.3 is 0 Å². The van der Waals surface area contributed by atoms with Crippen LogP contribution in [0.2, 0.25) is 0 Å². The number of fused-ring (bicyclic) bond motifs is 3. The topological polar surface area (TPSA) is 32.3 Å². The molecule has 0 bridgehead atoms. The van der Waals surface area contributed by atoms with Gasteiger partial charge in [-0.15, -0.1) is 0 Å². The Morgan fingerprint density at radius 3 is 3.17 bits per heavy atom. The van der Waals surface area contributed by atoms with Crippen molar-refractivity contribution in [3.63, 3.8) is 0 Å². The van der Waals surface area contributed by atoms with Crippen LogP contribution in [0.5, 0.6) is 0 Å². The van der Waals surface area contributed by atoms with Gasteiger partial charge in [0.15, 0.2) is 0 Å². The highest BCUT2D eigenvalue weighted by Gasteiger charge is 2.30. The summed E-state index contributed by atoms with van der Waals surface area (Å²) in [5.41, 5.74) is 1.49. The van der Waals surface area contributed by atoms with Gasteiger partial charge in [0.1, 0.15) is 5.82 Å². The van der Waals surface area contributed by atoms with Gasteiger partial charge in [-0.25, -0.2) is 4.39 Å². The van der Waals surface area contributed by atoms with E-state index in [9.17, 15) is 9.18 Å². The van der Waals surface area contributed by atoms with Gasteiger partial charge in [0.05, 0.1) is 15.8 Å². The van der Waals surface area contributed by atoms with Crippen LogP contribution >= 0.6 is 27.7 Å². The van der Waals surface area contributed by atoms with Crippen LogP contribution in [-0.4, -0.2) is 30.0 Å². The molecule has 1 N–H and O–H groups in total. The number of hydrogen-bond acceptors (Lipinski definition) is 3. The largest absolute Gasteiger partial charge is 0.365 e. The molecular formula is C12H12BrFN2OS. The molecule has 0 aliphatic carbocycles. The molecule has 2 aliphatic heterocycles. The Morgan fingerprint density at radius 1 is 1.50 bits per heavy atom. The number of nitrogens with zero attached hydrogens (tertiary/aromatic N) is 1. The smallest absolute Gasteiger partial charge is 0.226 e. The average molecular weight is 331 g/mol. The summed E-state index contributed by atoms with van der Waals surface area (Å²) >= 11 is 5.08. The van der Waals surface area contributed by atoms with Crippen molar-refractivity contribution in [3.8, 4) is 0 Å². The molecule has 2 heterocycles. The van der Waals surface area contributed by atoms with Crippen molar-refractivity contribution in [2.75, 3.05) is 28.3 Å². The van der Waals surface area contributed by atoms with Crippen LogP contribution in [0, 0.1) is 5.82 Å². The Balaban J connectivity index is 2.09. The third-order valence-corrected chi connectivity index (χ3v) is 4.97. The molecule has 3 nitrogen and oxygen atoms in total. The summed E-state index contributed by atoms with van der Waals surface area (Å²) in [5, 5.41) is 2.80. The molecule has 1 aromatic rings. The highest BCUT2D eigenvalue weighted by molar-refractivity contribution is 9.10. The Labute approximate surface area is 117 Å². The zero-order valence-electron chi connectivity index (χ0n) is 9.58. The lowest BCUT2D eigenvalue weighted by atomic mass is 10.1. The summed E-state index contributed by atoms with van der Waals surface area (Å²) in [4.78, 5) is 14.0. The molecular weight excluding hydrogens is 319 g/mol. The van der Waals surface area contributed by atoms with E-state index >= 15 is 0 Å². The molecule has 1 unspecified atom stereocenters. The second-order valence-corrected chi connectivity index (χ2v) is 6.46. The number of hydrogen-bond donors (Lipinski definition) is 1. The van der Waals surface area contributed by atoms with Crippen molar-refractivity contribution in [1.29, 1.82) is 0 Å². The molecule has 0 radical (unpaired) electrons. The number of anilines is 2. The van der Waals surface area contributed by atoms with E-state index in [0.717, 1.165) is 23.7 Å². The average Bonchev–Trinajstić information content (AvgIpc) is 2.46. The Morgan fingerprint density at radius 2 is 2.33 bits per heavy atom. The number of halogens is 2. The predicted molar refractivity (Wildman–Crippen MR) is 75.8 cm³/mol. The Hall–Kier alpha value is -0.750. The van der Waals surface area contributed by atoms with Gasteiger partial charge in [0.25, 0.3) is 0 Å². The van der Waals surface area contributed by atoms with E-state index in [1.807, 2.05) is 11.8 Å². The van der Waals surface area contributed by atoms with E-state index in [4.69, 9.17) is 0 Å². The number of carbonyl (C=O) groups is 1. The van der Waals surface area contributed by atoms with Crippen LogP contribution in [0.25, 0.3) is 0 Å². The summed E-state index contributed by atoms with van der Waals surface area (Å²) in [5.74, 6) is 1.60. The van der Waals surface area contributed by atoms with E-state index < -0.39 is 0 Å². The van der Waals surface area contributed by atoms with Gasteiger partial charge in [0.2, 0.25) is 5.91 Å². The molecule has 18 heavy (non-hydrogen) atoms. The monoisotopic (exact) mass is 330 g/mol. The molecule has 1 aromatic carbocycles. The van der Waals surface area contributed by atoms with Crippen molar-refractivity contribution in [2.45, 2.75) is 12.5 Å². The lowest BCUT2D eigenvalue weighted by Gasteiger charge is -2.35. The first-order valence-corrected chi connectivity index (χ1v) is 7.73. The van der Waals surface area contributed by atoms with Crippen LogP contribution in [0.4, 0.5) is 15.8 Å². The van der Waals surface area contributed by atoms with Gasteiger partial charge in [-0.05, 0) is 22.0 Å². The maximum atomic E-state index is 13.6. The molecule has 1 saturated heterocycles. The van der Waals surface area contributed by atoms with Gasteiger partial charge in [-0.3, -0.25) is 4.79 Å². The highest BCUT2D eigenvalue weighted by Crippen LogP contribution is 2.37. The number of rotatable bonds is 0. The van der Waals surface area contributed by atoms with Crippen molar-refractivity contribution in [3.05, 3.63) is 22.4 Å². The fraction of sp³-hybridized carbons (Fsp3) is 0.417. The number of nitrogens with one attached hydrogen (secondary N) is 1. The Bertz CT molecular complexity index is 511. The van der Waals surface area contributed by atoms with E-state index in [-0.39, 0.29) is 17.8 Å². The summed E-state index contributed by atoms with van der Waals surface area (Å²) in [6.45, 7) is 0.898. The highest BCUT2D eigenvalue weighted by atomic mass is 79.9. The van der Waals surface area contributed by atoms with Crippen LogP contribution in [0.15, 0.2) is 16.6 Å². The van der Waals surface area contributed by atoms with Gasteiger partial charge in [0, 0.05) is 36.6 Å². The molecule has 3 rings (SSSR count). The quantitative estimate of drug-likeness (QED) is 0.793. The maximum absolute atomic E-state index is 13.6. The molecule has 1 atom stereocenters. The zero-order chi connectivity index (χ0) is 12.7. The molecule has 96 valence electrons. The van der Waals surface area contributed by atoms with Crippen molar-refractivity contribution in [1.82, 2.24) is 0 Å². The minimum atomic E-state index is -0.348. The molecule has 1 fully saturated rings. The summed E-state index contributed by atoms with van der Waals surface area (Å²) in [6.07, 6.45) is 0.473. The molecule has 0 saturated carbocycles. The lowest BCUT2D eigenvalue weighted by Crippen LogP contribution is -2.42. The second kappa shape index (κ2) is 4.74. The number of thioether (sulfide) groups is 1. The first-order chi connectivity index (χ1) is 8.65. The normalized spacial score (nSPS) is 22.9. The van der Waals surface area contributed by atoms with E-state index in [1.54, 1.807) is 6.07 Å². The lowest BCUT2D eigenvalue weighted by molar-refractivity contribution is -0.116. The SMILES string of the molecule is O=C1CC2CSCCN2c2cc(Br)c(F)cc2N1. The van der Waals surface area contributed by atoms with E-state index in [2.05, 4.69) is 26.1 Å². The molecule has 6 heteroatoms. The first-order valence-electron chi connectivity index (χ1n) is 5.78. The number of carbonyl (C=O) groups excluding carboxylic acids is 1. The molecule has 0 spiro atoms. The molecule has 2 aliphatic rings. The van der Waals surface area contributed by atoms with Crippen molar-refractivity contribution >= 4 is 45.0 Å².